The molecule has 0 amide bonds. The number of ether oxygens (including phenoxy) is 1. The van der Waals surface area contributed by atoms with E-state index in [1.807, 2.05) is 0 Å². The van der Waals surface area contributed by atoms with Gasteiger partial charge < -0.3 is 4.74 Å². The summed E-state index contributed by atoms with van der Waals surface area (Å²) in [5.74, 6) is -6.31. The molecule has 20 heavy (non-hydrogen) atoms. The van der Waals surface area contributed by atoms with Crippen molar-refractivity contribution in [2.24, 2.45) is 0 Å². The number of hydrogen-bond donors (Lipinski definition) is 0. The number of hydrogen-bond acceptors (Lipinski definition) is 2. The van der Waals surface area contributed by atoms with E-state index < -0.39 is 40.2 Å². The molecule has 0 aliphatic rings. The van der Waals surface area contributed by atoms with Crippen molar-refractivity contribution in [3.63, 3.8) is 0 Å². The van der Waals surface area contributed by atoms with Gasteiger partial charge in [0.2, 0.25) is 5.78 Å². The van der Waals surface area contributed by atoms with Crippen LogP contribution in [0, 0.1) is 23.3 Å². The van der Waals surface area contributed by atoms with E-state index in [1.54, 1.807) is 0 Å². The van der Waals surface area contributed by atoms with Gasteiger partial charge in [0.15, 0.2) is 11.6 Å². The van der Waals surface area contributed by atoms with Crippen molar-refractivity contribution in [3.8, 4) is 5.75 Å². The lowest BCUT2D eigenvalue weighted by molar-refractivity contribution is 0.102. The highest BCUT2D eigenvalue weighted by Crippen LogP contribution is 2.26. The van der Waals surface area contributed by atoms with E-state index in [0.29, 0.717) is 6.07 Å². The maximum Gasteiger partial charge on any atom is 0.202 e. The number of methoxy groups -OCH3 is 1. The summed E-state index contributed by atoms with van der Waals surface area (Å²) in [6, 6.07) is 4.20. The van der Waals surface area contributed by atoms with Gasteiger partial charge in [-0.15, -0.1) is 0 Å². The lowest BCUT2D eigenvalue weighted by Gasteiger charge is -2.09. The second-order valence-corrected chi connectivity index (χ2v) is 3.89. The van der Waals surface area contributed by atoms with E-state index in [9.17, 15) is 22.4 Å². The molecule has 0 aliphatic heterocycles. The molecule has 0 bridgehead atoms. The lowest BCUT2D eigenvalue weighted by atomic mass is 10.0. The van der Waals surface area contributed by atoms with Gasteiger partial charge in [-0.05, 0) is 18.2 Å². The Morgan fingerprint density at radius 3 is 2.25 bits per heavy atom. The van der Waals surface area contributed by atoms with Crippen LogP contribution in [0.3, 0.4) is 0 Å². The first-order chi connectivity index (χ1) is 9.45. The van der Waals surface area contributed by atoms with Crippen LogP contribution in [0.1, 0.15) is 15.9 Å². The summed E-state index contributed by atoms with van der Waals surface area (Å²) in [4.78, 5) is 12.1. The maximum atomic E-state index is 13.7. The second-order valence-electron chi connectivity index (χ2n) is 3.89. The standard InChI is InChI=1S/C14H8F4O2/c1-20-12-4-2-3-8(15)13(12)14(19)7-5-10(17)11(18)6-9(7)16/h2-6H,1H3. The Hall–Kier alpha value is -2.37. The number of ketones is 1. The molecule has 0 saturated carbocycles. The monoisotopic (exact) mass is 284 g/mol. The molecule has 0 aromatic heterocycles. The van der Waals surface area contributed by atoms with Gasteiger partial charge >= 0.3 is 0 Å². The van der Waals surface area contributed by atoms with Crippen molar-refractivity contribution in [1.29, 1.82) is 0 Å². The Balaban J connectivity index is 2.61. The molecule has 0 radical (unpaired) electrons. The topological polar surface area (TPSA) is 26.3 Å². The SMILES string of the molecule is COc1cccc(F)c1C(=O)c1cc(F)c(F)cc1F. The van der Waals surface area contributed by atoms with Crippen LogP contribution in [-0.2, 0) is 0 Å². The van der Waals surface area contributed by atoms with E-state index in [0.717, 1.165) is 6.07 Å². The molecule has 0 aliphatic carbocycles. The first kappa shape index (κ1) is 14.0. The fourth-order valence-electron chi connectivity index (χ4n) is 1.73. The first-order valence-electron chi connectivity index (χ1n) is 5.47. The summed E-state index contributed by atoms with van der Waals surface area (Å²) in [5.41, 5.74) is -1.31. The zero-order valence-corrected chi connectivity index (χ0v) is 10.2. The minimum absolute atomic E-state index is 0.126. The Morgan fingerprint density at radius 2 is 1.60 bits per heavy atom. The second kappa shape index (κ2) is 5.32. The van der Waals surface area contributed by atoms with Gasteiger partial charge in [0.25, 0.3) is 0 Å². The van der Waals surface area contributed by atoms with Crippen LogP contribution in [0.15, 0.2) is 30.3 Å². The smallest absolute Gasteiger partial charge is 0.202 e. The summed E-state index contributed by atoms with van der Waals surface area (Å²) < 4.78 is 58.0. The van der Waals surface area contributed by atoms with Crippen molar-refractivity contribution in [3.05, 3.63) is 64.7 Å². The summed E-state index contributed by atoms with van der Waals surface area (Å²) in [7, 11) is 1.20. The quantitative estimate of drug-likeness (QED) is 0.490. The molecule has 0 saturated heterocycles. The van der Waals surface area contributed by atoms with Gasteiger partial charge in [0.05, 0.1) is 12.7 Å². The van der Waals surface area contributed by atoms with Gasteiger partial charge in [-0.2, -0.15) is 0 Å². The van der Waals surface area contributed by atoms with E-state index in [4.69, 9.17) is 4.74 Å². The zero-order valence-electron chi connectivity index (χ0n) is 10.2. The fourth-order valence-corrected chi connectivity index (χ4v) is 1.73. The molecule has 2 rings (SSSR count). The predicted octanol–water partition coefficient (Wildman–Crippen LogP) is 3.48. The number of carbonyl (C=O) groups is 1. The minimum atomic E-state index is -1.43. The molecule has 2 aromatic carbocycles. The molecule has 0 atom stereocenters. The highest BCUT2D eigenvalue weighted by atomic mass is 19.2. The summed E-state index contributed by atoms with van der Waals surface area (Å²) >= 11 is 0. The molecular formula is C14H8F4O2. The van der Waals surface area contributed by atoms with Crippen molar-refractivity contribution >= 4 is 5.78 Å². The van der Waals surface area contributed by atoms with Gasteiger partial charge in [0, 0.05) is 6.07 Å². The first-order valence-corrected chi connectivity index (χ1v) is 5.47. The Morgan fingerprint density at radius 1 is 0.950 bits per heavy atom. The fraction of sp³-hybridized carbons (Fsp3) is 0.0714. The van der Waals surface area contributed by atoms with E-state index in [1.165, 1.54) is 19.2 Å². The number of benzene rings is 2. The zero-order chi connectivity index (χ0) is 14.9. The lowest BCUT2D eigenvalue weighted by Crippen LogP contribution is -2.10. The highest BCUT2D eigenvalue weighted by Gasteiger charge is 2.23. The molecule has 6 heteroatoms. The van der Waals surface area contributed by atoms with Crippen molar-refractivity contribution < 1.29 is 27.1 Å². The van der Waals surface area contributed by atoms with E-state index in [2.05, 4.69) is 0 Å². The maximum absolute atomic E-state index is 13.7. The summed E-state index contributed by atoms with van der Waals surface area (Å²) in [6.07, 6.45) is 0. The van der Waals surface area contributed by atoms with Crippen LogP contribution < -0.4 is 4.74 Å². The largest absolute Gasteiger partial charge is 0.496 e. The Labute approximate surface area is 111 Å². The molecule has 104 valence electrons. The Bertz CT molecular complexity index is 683. The number of rotatable bonds is 3. The predicted molar refractivity (Wildman–Crippen MR) is 62.7 cm³/mol. The van der Waals surface area contributed by atoms with Gasteiger partial charge in [-0.3, -0.25) is 4.79 Å². The van der Waals surface area contributed by atoms with Crippen molar-refractivity contribution in [2.75, 3.05) is 7.11 Å². The average Bonchev–Trinajstić information content (AvgIpc) is 2.41. The summed E-state index contributed by atoms with van der Waals surface area (Å²) in [5, 5.41) is 0. The van der Waals surface area contributed by atoms with Crippen molar-refractivity contribution in [1.82, 2.24) is 0 Å². The molecular weight excluding hydrogens is 276 g/mol. The highest BCUT2D eigenvalue weighted by molar-refractivity contribution is 6.11. The van der Waals surface area contributed by atoms with Crippen LogP contribution in [0.2, 0.25) is 0 Å². The van der Waals surface area contributed by atoms with Crippen LogP contribution in [0.5, 0.6) is 5.75 Å². The molecule has 0 N–H and O–H groups in total. The van der Waals surface area contributed by atoms with Crippen LogP contribution in [0.25, 0.3) is 0 Å². The number of halogens is 4. The normalized spacial score (nSPS) is 10.4. The molecule has 0 unspecified atom stereocenters. The summed E-state index contributed by atoms with van der Waals surface area (Å²) in [6.45, 7) is 0. The minimum Gasteiger partial charge on any atom is -0.496 e. The molecule has 0 heterocycles. The van der Waals surface area contributed by atoms with Gasteiger partial charge in [-0.25, -0.2) is 17.6 Å². The van der Waals surface area contributed by atoms with Crippen LogP contribution in [-0.4, -0.2) is 12.9 Å². The number of carbonyl (C=O) groups excluding carboxylic acids is 1. The van der Waals surface area contributed by atoms with Crippen LogP contribution in [0.4, 0.5) is 17.6 Å². The Kier molecular flexibility index (Phi) is 3.74. The van der Waals surface area contributed by atoms with Crippen molar-refractivity contribution in [2.45, 2.75) is 0 Å². The van der Waals surface area contributed by atoms with Gasteiger partial charge in [-0.1, -0.05) is 6.07 Å². The van der Waals surface area contributed by atoms with Crippen LogP contribution >= 0.6 is 0 Å². The molecule has 0 spiro atoms. The van der Waals surface area contributed by atoms with E-state index in [-0.39, 0.29) is 11.8 Å². The van der Waals surface area contributed by atoms with Gasteiger partial charge in [0.1, 0.15) is 22.9 Å². The molecule has 2 aromatic rings. The van der Waals surface area contributed by atoms with E-state index >= 15 is 0 Å². The third-order valence-electron chi connectivity index (χ3n) is 2.68. The third kappa shape index (κ3) is 2.36. The third-order valence-corrected chi connectivity index (χ3v) is 2.68. The molecule has 0 fully saturated rings. The average molecular weight is 284 g/mol. The molecule has 2 nitrogen and oxygen atoms in total.